The monoisotopic (exact) mass is 306 g/mol. The van der Waals surface area contributed by atoms with Crippen LogP contribution in [0.4, 0.5) is 0 Å². The number of nitrogens with one attached hydrogen (secondary N) is 1. The predicted molar refractivity (Wildman–Crippen MR) is 88.2 cm³/mol. The van der Waals surface area contributed by atoms with Gasteiger partial charge in [0.05, 0.1) is 6.26 Å². The fraction of sp³-hybridized carbons (Fsp3) is 0.158. The molecule has 1 N–H and O–H groups in total. The van der Waals surface area contributed by atoms with Gasteiger partial charge in [-0.25, -0.2) is 0 Å². The van der Waals surface area contributed by atoms with Crippen molar-refractivity contribution in [1.82, 2.24) is 10.3 Å². The standard InChI is InChI=1S/C19H18N2O2/c22-19(18-10-6-12-23-18)21-14-16(15-7-2-1-3-8-15)13-17-9-4-5-11-20-17/h1-12,16H,13-14H2,(H,21,22). The summed E-state index contributed by atoms with van der Waals surface area (Å²) in [5.74, 6) is 0.289. The number of rotatable bonds is 6. The maximum Gasteiger partial charge on any atom is 0.286 e. The van der Waals surface area contributed by atoms with E-state index in [4.69, 9.17) is 4.42 Å². The van der Waals surface area contributed by atoms with E-state index >= 15 is 0 Å². The second-order valence-electron chi connectivity index (χ2n) is 5.32. The van der Waals surface area contributed by atoms with Gasteiger partial charge in [0.2, 0.25) is 0 Å². The topological polar surface area (TPSA) is 55.1 Å². The van der Waals surface area contributed by atoms with E-state index in [0.717, 1.165) is 12.1 Å². The van der Waals surface area contributed by atoms with Crippen LogP contribution in [0.2, 0.25) is 0 Å². The van der Waals surface area contributed by atoms with Gasteiger partial charge in [-0.05, 0) is 36.2 Å². The molecule has 0 saturated carbocycles. The third-order valence-corrected chi connectivity index (χ3v) is 3.71. The zero-order chi connectivity index (χ0) is 15.9. The Morgan fingerprint density at radius 3 is 2.57 bits per heavy atom. The fourth-order valence-electron chi connectivity index (χ4n) is 2.52. The number of benzene rings is 1. The Balaban J connectivity index is 1.71. The minimum Gasteiger partial charge on any atom is -0.459 e. The average Bonchev–Trinajstić information content (AvgIpc) is 3.15. The first-order chi connectivity index (χ1) is 11.3. The molecular formula is C19H18N2O2. The molecule has 0 radical (unpaired) electrons. The van der Waals surface area contributed by atoms with Crippen molar-refractivity contribution in [1.29, 1.82) is 0 Å². The summed E-state index contributed by atoms with van der Waals surface area (Å²) in [4.78, 5) is 16.5. The molecule has 0 fully saturated rings. The van der Waals surface area contributed by atoms with Gasteiger partial charge in [0.25, 0.3) is 5.91 Å². The number of pyridine rings is 1. The van der Waals surface area contributed by atoms with Crippen LogP contribution >= 0.6 is 0 Å². The molecule has 0 aliphatic carbocycles. The maximum atomic E-state index is 12.1. The van der Waals surface area contributed by atoms with Gasteiger partial charge < -0.3 is 9.73 Å². The summed E-state index contributed by atoms with van der Waals surface area (Å²) in [6, 6.07) is 19.4. The molecule has 1 aromatic carbocycles. The number of carbonyl (C=O) groups excluding carboxylic acids is 1. The molecule has 1 unspecified atom stereocenters. The molecule has 2 aromatic heterocycles. The van der Waals surface area contributed by atoms with Crippen LogP contribution in [-0.4, -0.2) is 17.4 Å². The molecule has 2 heterocycles. The SMILES string of the molecule is O=C(NCC(Cc1ccccn1)c1ccccc1)c1ccco1. The van der Waals surface area contributed by atoms with Crippen LogP contribution in [0.3, 0.4) is 0 Å². The first-order valence-corrected chi connectivity index (χ1v) is 7.59. The van der Waals surface area contributed by atoms with Crippen molar-refractivity contribution in [3.63, 3.8) is 0 Å². The summed E-state index contributed by atoms with van der Waals surface area (Å²) in [5, 5.41) is 2.94. The molecule has 3 aromatic rings. The predicted octanol–water partition coefficient (Wildman–Crippen LogP) is 3.43. The Kier molecular flexibility index (Phi) is 4.84. The van der Waals surface area contributed by atoms with Crippen molar-refractivity contribution < 1.29 is 9.21 Å². The van der Waals surface area contributed by atoms with Gasteiger partial charge in [-0.15, -0.1) is 0 Å². The van der Waals surface area contributed by atoms with E-state index in [1.807, 2.05) is 36.4 Å². The molecule has 4 heteroatoms. The molecule has 0 aliphatic rings. The third kappa shape index (κ3) is 4.07. The molecule has 4 nitrogen and oxygen atoms in total. The lowest BCUT2D eigenvalue weighted by Crippen LogP contribution is -2.29. The van der Waals surface area contributed by atoms with E-state index < -0.39 is 0 Å². The van der Waals surface area contributed by atoms with Crippen LogP contribution in [0.25, 0.3) is 0 Å². The molecule has 1 atom stereocenters. The highest BCUT2D eigenvalue weighted by Crippen LogP contribution is 2.19. The van der Waals surface area contributed by atoms with Gasteiger partial charge >= 0.3 is 0 Å². The van der Waals surface area contributed by atoms with Gasteiger partial charge in [-0.1, -0.05) is 36.4 Å². The summed E-state index contributed by atoms with van der Waals surface area (Å²) in [5.41, 5.74) is 2.19. The molecule has 0 saturated heterocycles. The molecule has 116 valence electrons. The molecule has 3 rings (SSSR count). The van der Waals surface area contributed by atoms with Crippen LogP contribution in [0.15, 0.2) is 77.5 Å². The van der Waals surface area contributed by atoms with Crippen molar-refractivity contribution in [2.75, 3.05) is 6.54 Å². The molecule has 1 amide bonds. The number of amides is 1. The van der Waals surface area contributed by atoms with Crippen LogP contribution in [0, 0.1) is 0 Å². The van der Waals surface area contributed by atoms with E-state index in [2.05, 4.69) is 22.4 Å². The lowest BCUT2D eigenvalue weighted by Gasteiger charge is -2.17. The van der Waals surface area contributed by atoms with E-state index in [1.165, 1.54) is 11.8 Å². The number of carbonyl (C=O) groups is 1. The first-order valence-electron chi connectivity index (χ1n) is 7.59. The fourth-order valence-corrected chi connectivity index (χ4v) is 2.52. The average molecular weight is 306 g/mol. The van der Waals surface area contributed by atoms with Crippen molar-refractivity contribution in [3.8, 4) is 0 Å². The summed E-state index contributed by atoms with van der Waals surface area (Å²) >= 11 is 0. The van der Waals surface area contributed by atoms with Gasteiger partial charge in [-0.2, -0.15) is 0 Å². The van der Waals surface area contributed by atoms with E-state index in [9.17, 15) is 4.79 Å². The van der Waals surface area contributed by atoms with E-state index in [1.54, 1.807) is 18.3 Å². The Morgan fingerprint density at radius 2 is 1.87 bits per heavy atom. The van der Waals surface area contributed by atoms with Gasteiger partial charge in [-0.3, -0.25) is 9.78 Å². The lowest BCUT2D eigenvalue weighted by atomic mass is 9.94. The number of furan rings is 1. The Labute approximate surface area is 135 Å². The summed E-state index contributed by atoms with van der Waals surface area (Å²) < 4.78 is 5.13. The highest BCUT2D eigenvalue weighted by molar-refractivity contribution is 5.91. The van der Waals surface area contributed by atoms with Gasteiger partial charge in [0.15, 0.2) is 5.76 Å². The second-order valence-corrected chi connectivity index (χ2v) is 5.32. The van der Waals surface area contributed by atoms with Gasteiger partial charge in [0, 0.05) is 24.4 Å². The van der Waals surface area contributed by atoms with Crippen LogP contribution in [-0.2, 0) is 6.42 Å². The van der Waals surface area contributed by atoms with Gasteiger partial charge in [0.1, 0.15) is 0 Å². The third-order valence-electron chi connectivity index (χ3n) is 3.71. The van der Waals surface area contributed by atoms with Crippen molar-refractivity contribution in [3.05, 3.63) is 90.1 Å². The van der Waals surface area contributed by atoms with Crippen LogP contribution in [0.5, 0.6) is 0 Å². The summed E-state index contributed by atoms with van der Waals surface area (Å²) in [7, 11) is 0. The molecule has 0 bridgehead atoms. The van der Waals surface area contributed by atoms with Crippen molar-refractivity contribution in [2.24, 2.45) is 0 Å². The number of hydrogen-bond acceptors (Lipinski definition) is 3. The van der Waals surface area contributed by atoms with E-state index in [0.29, 0.717) is 12.3 Å². The number of hydrogen-bond donors (Lipinski definition) is 1. The van der Waals surface area contributed by atoms with Crippen molar-refractivity contribution in [2.45, 2.75) is 12.3 Å². The number of aromatic nitrogens is 1. The molecule has 0 spiro atoms. The quantitative estimate of drug-likeness (QED) is 0.759. The highest BCUT2D eigenvalue weighted by atomic mass is 16.3. The summed E-state index contributed by atoms with van der Waals surface area (Å²) in [6.07, 6.45) is 4.06. The Morgan fingerprint density at radius 1 is 1.04 bits per heavy atom. The van der Waals surface area contributed by atoms with Crippen LogP contribution in [0.1, 0.15) is 27.7 Å². The Hall–Kier alpha value is -2.88. The van der Waals surface area contributed by atoms with E-state index in [-0.39, 0.29) is 11.8 Å². The minimum atomic E-state index is -0.197. The minimum absolute atomic E-state index is 0.157. The summed E-state index contributed by atoms with van der Waals surface area (Å²) in [6.45, 7) is 0.528. The molecule has 23 heavy (non-hydrogen) atoms. The number of nitrogens with zero attached hydrogens (tertiary/aromatic N) is 1. The zero-order valence-corrected chi connectivity index (χ0v) is 12.7. The zero-order valence-electron chi connectivity index (χ0n) is 12.7. The smallest absolute Gasteiger partial charge is 0.286 e. The maximum absolute atomic E-state index is 12.1. The highest BCUT2D eigenvalue weighted by Gasteiger charge is 2.16. The van der Waals surface area contributed by atoms with Crippen molar-refractivity contribution >= 4 is 5.91 Å². The second kappa shape index (κ2) is 7.40. The largest absolute Gasteiger partial charge is 0.459 e. The molecular weight excluding hydrogens is 288 g/mol. The molecule has 0 aliphatic heterocycles. The Bertz CT molecular complexity index is 725. The lowest BCUT2D eigenvalue weighted by molar-refractivity contribution is 0.0923. The normalized spacial score (nSPS) is 11.8. The van der Waals surface area contributed by atoms with Crippen LogP contribution < -0.4 is 5.32 Å². The first kappa shape index (κ1) is 15.0.